The van der Waals surface area contributed by atoms with Crippen LogP contribution >= 0.6 is 0 Å². The van der Waals surface area contributed by atoms with Gasteiger partial charge in [0.2, 0.25) is 0 Å². The second kappa shape index (κ2) is 7.80. The van der Waals surface area contributed by atoms with Gasteiger partial charge < -0.3 is 19.5 Å². The summed E-state index contributed by atoms with van der Waals surface area (Å²) in [4.78, 5) is 35.1. The zero-order valence-electron chi connectivity index (χ0n) is 14.7. The molecule has 1 aromatic rings. The maximum Gasteiger partial charge on any atom is 0.407 e. The van der Waals surface area contributed by atoms with Gasteiger partial charge in [0.25, 0.3) is 0 Å². The lowest BCUT2D eigenvalue weighted by atomic mass is 10.2. The van der Waals surface area contributed by atoms with E-state index in [4.69, 9.17) is 4.74 Å². The van der Waals surface area contributed by atoms with E-state index in [-0.39, 0.29) is 17.9 Å². The van der Waals surface area contributed by atoms with E-state index in [1.54, 1.807) is 27.7 Å². The van der Waals surface area contributed by atoms with Gasteiger partial charge in [0.1, 0.15) is 11.3 Å². The van der Waals surface area contributed by atoms with Crippen molar-refractivity contribution in [2.75, 3.05) is 14.2 Å². The van der Waals surface area contributed by atoms with Gasteiger partial charge in [0.15, 0.2) is 5.69 Å². The molecule has 0 aliphatic heterocycles. The third kappa shape index (κ3) is 5.56. The number of ether oxygens (including phenoxy) is 3. The molecule has 9 nitrogen and oxygen atoms in total. The van der Waals surface area contributed by atoms with Crippen LogP contribution in [0.1, 0.15) is 48.7 Å². The number of hydrogen-bond acceptors (Lipinski definition) is 7. The average molecular weight is 341 g/mol. The second-order valence-corrected chi connectivity index (χ2v) is 6.13. The van der Waals surface area contributed by atoms with Crippen LogP contribution in [0.15, 0.2) is 6.07 Å². The van der Waals surface area contributed by atoms with Gasteiger partial charge in [0, 0.05) is 12.1 Å². The van der Waals surface area contributed by atoms with E-state index < -0.39 is 29.7 Å². The molecule has 0 spiro atoms. The Hall–Kier alpha value is -2.58. The normalized spacial score (nSPS) is 12.2. The molecule has 0 aliphatic rings. The number of nitrogens with zero attached hydrogens (tertiary/aromatic N) is 2. The molecule has 1 amide bonds. The first-order valence-electron chi connectivity index (χ1n) is 7.31. The summed E-state index contributed by atoms with van der Waals surface area (Å²) in [6, 6.07) is 0.867. The Morgan fingerprint density at radius 2 is 1.79 bits per heavy atom. The fourth-order valence-corrected chi connectivity index (χ4v) is 1.84. The van der Waals surface area contributed by atoms with Crippen molar-refractivity contribution in [1.29, 1.82) is 0 Å². The largest absolute Gasteiger partial charge is 0.464 e. The average Bonchev–Trinajstić information content (AvgIpc) is 2.86. The number of aromatic nitrogens is 2. The molecule has 0 aliphatic carbocycles. The van der Waals surface area contributed by atoms with Crippen LogP contribution in [0, 0.1) is 0 Å². The second-order valence-electron chi connectivity index (χ2n) is 6.13. The molecule has 24 heavy (non-hydrogen) atoms. The maximum absolute atomic E-state index is 11.8. The van der Waals surface area contributed by atoms with E-state index in [0.717, 1.165) is 0 Å². The van der Waals surface area contributed by atoms with Crippen LogP contribution in [0.5, 0.6) is 0 Å². The van der Waals surface area contributed by atoms with E-state index in [2.05, 4.69) is 19.9 Å². The summed E-state index contributed by atoms with van der Waals surface area (Å²) in [7, 11) is 2.44. The van der Waals surface area contributed by atoms with Crippen LogP contribution < -0.4 is 5.32 Å². The lowest BCUT2D eigenvalue weighted by molar-refractivity contribution is 0.0500. The molecule has 0 saturated carbocycles. The van der Waals surface area contributed by atoms with E-state index in [9.17, 15) is 14.4 Å². The predicted molar refractivity (Wildman–Crippen MR) is 83.7 cm³/mol. The summed E-state index contributed by atoms with van der Waals surface area (Å²) in [5, 5.41) is 6.65. The zero-order valence-corrected chi connectivity index (χ0v) is 14.7. The molecule has 134 valence electrons. The highest BCUT2D eigenvalue weighted by Gasteiger charge is 2.23. The molecule has 0 fully saturated rings. The fourth-order valence-electron chi connectivity index (χ4n) is 1.84. The number of esters is 2. The highest BCUT2D eigenvalue weighted by Crippen LogP contribution is 2.10. The van der Waals surface area contributed by atoms with Gasteiger partial charge >= 0.3 is 18.0 Å². The number of alkyl carbamates (subject to hydrolysis) is 1. The Kier molecular flexibility index (Phi) is 6.33. The van der Waals surface area contributed by atoms with Crippen LogP contribution in [-0.2, 0) is 20.8 Å². The van der Waals surface area contributed by atoms with E-state index >= 15 is 0 Å². The number of hydrogen-bond donors (Lipinski definition) is 1. The van der Waals surface area contributed by atoms with Crippen molar-refractivity contribution in [2.24, 2.45) is 0 Å². The standard InChI is InChI=1S/C15H23N3O6/c1-9(16-14(21)24-15(2,3)4)8-18-11(13(20)23-6)7-10(17-18)12(19)22-5/h7,9H,8H2,1-6H3,(H,16,21). The van der Waals surface area contributed by atoms with E-state index in [0.29, 0.717) is 0 Å². The minimum Gasteiger partial charge on any atom is -0.464 e. The van der Waals surface area contributed by atoms with Crippen molar-refractivity contribution in [2.45, 2.75) is 45.9 Å². The Morgan fingerprint density at radius 3 is 2.29 bits per heavy atom. The Morgan fingerprint density at radius 1 is 1.21 bits per heavy atom. The van der Waals surface area contributed by atoms with Gasteiger partial charge in [-0.05, 0) is 27.7 Å². The SMILES string of the molecule is COC(=O)c1cc(C(=O)OC)n(CC(C)NC(=O)OC(C)(C)C)n1. The lowest BCUT2D eigenvalue weighted by Crippen LogP contribution is -2.40. The monoisotopic (exact) mass is 341 g/mol. The third-order valence-electron chi connectivity index (χ3n) is 2.78. The van der Waals surface area contributed by atoms with Gasteiger partial charge in [0.05, 0.1) is 20.8 Å². The van der Waals surface area contributed by atoms with Crippen LogP contribution in [0.25, 0.3) is 0 Å². The summed E-state index contributed by atoms with van der Waals surface area (Å²) in [6.07, 6.45) is -0.588. The Balaban J connectivity index is 2.88. The van der Waals surface area contributed by atoms with Crippen molar-refractivity contribution in [3.63, 3.8) is 0 Å². The molecular formula is C15H23N3O6. The summed E-state index contributed by atoms with van der Waals surface area (Å²) < 4.78 is 15.7. The smallest absolute Gasteiger partial charge is 0.407 e. The van der Waals surface area contributed by atoms with E-state index in [1.807, 2.05) is 0 Å². The molecule has 1 unspecified atom stereocenters. The molecule has 0 aromatic carbocycles. The molecule has 0 bridgehead atoms. The first kappa shape index (κ1) is 19.5. The van der Waals surface area contributed by atoms with Crippen molar-refractivity contribution < 1.29 is 28.6 Å². The summed E-state index contributed by atoms with van der Waals surface area (Å²) in [5.41, 5.74) is -0.567. The molecule has 1 heterocycles. The highest BCUT2D eigenvalue weighted by atomic mass is 16.6. The van der Waals surface area contributed by atoms with Gasteiger partial charge in [-0.3, -0.25) is 4.68 Å². The Labute approximate surface area is 140 Å². The minimum atomic E-state index is -0.674. The third-order valence-corrected chi connectivity index (χ3v) is 2.78. The van der Waals surface area contributed by atoms with Crippen LogP contribution in [0.3, 0.4) is 0 Å². The molecule has 9 heteroatoms. The van der Waals surface area contributed by atoms with E-state index in [1.165, 1.54) is 25.0 Å². The topological polar surface area (TPSA) is 109 Å². The molecule has 1 aromatic heterocycles. The molecular weight excluding hydrogens is 318 g/mol. The Bertz CT molecular complexity index is 617. The van der Waals surface area contributed by atoms with Crippen LogP contribution in [0.4, 0.5) is 4.79 Å². The van der Waals surface area contributed by atoms with Crippen LogP contribution in [-0.4, -0.2) is 53.7 Å². The molecule has 0 radical (unpaired) electrons. The first-order chi connectivity index (χ1) is 11.1. The number of nitrogens with one attached hydrogen (secondary N) is 1. The lowest BCUT2D eigenvalue weighted by Gasteiger charge is -2.22. The number of rotatable bonds is 5. The zero-order chi connectivity index (χ0) is 18.5. The summed E-state index contributed by atoms with van der Waals surface area (Å²) in [5.74, 6) is -1.33. The van der Waals surface area contributed by atoms with Gasteiger partial charge in [-0.15, -0.1) is 0 Å². The van der Waals surface area contributed by atoms with Gasteiger partial charge in [-0.2, -0.15) is 5.10 Å². The highest BCUT2D eigenvalue weighted by molar-refractivity contribution is 5.93. The maximum atomic E-state index is 11.8. The van der Waals surface area contributed by atoms with Crippen LogP contribution in [0.2, 0.25) is 0 Å². The molecule has 1 N–H and O–H groups in total. The van der Waals surface area contributed by atoms with Crippen molar-refractivity contribution in [3.8, 4) is 0 Å². The van der Waals surface area contributed by atoms with Gasteiger partial charge in [-0.25, -0.2) is 14.4 Å². The van der Waals surface area contributed by atoms with Crippen molar-refractivity contribution in [3.05, 3.63) is 17.5 Å². The molecule has 1 atom stereocenters. The number of methoxy groups -OCH3 is 2. The minimum absolute atomic E-state index is 0.0256. The van der Waals surface area contributed by atoms with Crippen molar-refractivity contribution >= 4 is 18.0 Å². The first-order valence-corrected chi connectivity index (χ1v) is 7.31. The number of amides is 1. The quantitative estimate of drug-likeness (QED) is 0.636. The van der Waals surface area contributed by atoms with Gasteiger partial charge in [-0.1, -0.05) is 0 Å². The molecule has 0 saturated heterocycles. The summed E-state index contributed by atoms with van der Waals surface area (Å²) in [6.45, 7) is 7.11. The number of carbonyl (C=O) groups is 3. The predicted octanol–water partition coefficient (Wildman–Crippen LogP) is 1.37. The summed E-state index contributed by atoms with van der Waals surface area (Å²) >= 11 is 0. The number of carbonyl (C=O) groups excluding carboxylic acids is 3. The molecule has 1 rings (SSSR count). The fraction of sp³-hybridized carbons (Fsp3) is 0.600. The van der Waals surface area contributed by atoms with Crippen molar-refractivity contribution in [1.82, 2.24) is 15.1 Å².